The van der Waals surface area contributed by atoms with E-state index in [0.29, 0.717) is 11.1 Å². The Morgan fingerprint density at radius 1 is 0.935 bits per heavy atom. The summed E-state index contributed by atoms with van der Waals surface area (Å²) in [6, 6.07) is 7.78. The maximum absolute atomic E-state index is 13.5. The number of alkyl halides is 6. The molecule has 0 fully saturated rings. The van der Waals surface area contributed by atoms with Gasteiger partial charge in [-0.15, -0.1) is 0 Å². The van der Waals surface area contributed by atoms with Crippen molar-refractivity contribution in [2.45, 2.75) is 31.2 Å². The van der Waals surface area contributed by atoms with Crippen LogP contribution in [-0.2, 0) is 11.3 Å². The second kappa shape index (κ2) is 10.1. The Bertz CT molecular complexity index is 972. The fourth-order valence-electron chi connectivity index (χ4n) is 2.57. The Labute approximate surface area is 188 Å². The van der Waals surface area contributed by atoms with Crippen LogP contribution in [0.3, 0.4) is 0 Å². The van der Waals surface area contributed by atoms with Crippen molar-refractivity contribution in [3.63, 3.8) is 0 Å². The summed E-state index contributed by atoms with van der Waals surface area (Å²) in [6.07, 6.45) is -8.72. The van der Waals surface area contributed by atoms with Gasteiger partial charge in [-0.1, -0.05) is 65.2 Å². The number of allylic oxidation sites excluding steroid dienone is 1. The van der Waals surface area contributed by atoms with Crippen LogP contribution in [0.25, 0.3) is 6.08 Å². The molecule has 0 aromatic heterocycles. The lowest BCUT2D eigenvalue weighted by Gasteiger charge is -2.18. The van der Waals surface area contributed by atoms with Crippen molar-refractivity contribution >= 4 is 46.8 Å². The highest BCUT2D eigenvalue weighted by Gasteiger charge is 2.39. The summed E-state index contributed by atoms with van der Waals surface area (Å²) in [5.74, 6) is -3.18. The lowest BCUT2D eigenvalue weighted by atomic mass is 9.97. The molecule has 0 bridgehead atoms. The van der Waals surface area contributed by atoms with Gasteiger partial charge in [0.15, 0.2) is 0 Å². The smallest absolute Gasteiger partial charge is 0.352 e. The monoisotopic (exact) mass is 503 g/mol. The molecule has 31 heavy (non-hydrogen) atoms. The third-order valence-electron chi connectivity index (χ3n) is 4.05. The lowest BCUT2D eigenvalue weighted by Crippen LogP contribution is -2.28. The maximum atomic E-state index is 13.5. The zero-order valence-electron chi connectivity index (χ0n) is 15.4. The third-order valence-corrected chi connectivity index (χ3v) is 5.14. The first-order chi connectivity index (χ1) is 14.3. The molecule has 2 aromatic rings. The number of nitrogens with one attached hydrogen (secondary N) is 1. The molecule has 0 aliphatic rings. The number of amides is 1. The highest BCUT2D eigenvalue weighted by Crippen LogP contribution is 2.38. The largest absolute Gasteiger partial charge is 0.399 e. The van der Waals surface area contributed by atoms with Crippen molar-refractivity contribution in [3.8, 4) is 0 Å². The minimum atomic E-state index is -4.63. The van der Waals surface area contributed by atoms with E-state index in [0.717, 1.165) is 12.1 Å². The van der Waals surface area contributed by atoms with Gasteiger partial charge < -0.3 is 5.32 Å². The van der Waals surface area contributed by atoms with Gasteiger partial charge in [0.1, 0.15) is 6.42 Å². The van der Waals surface area contributed by atoms with E-state index in [1.54, 1.807) is 0 Å². The van der Waals surface area contributed by atoms with E-state index in [9.17, 15) is 31.1 Å². The predicted octanol–water partition coefficient (Wildman–Crippen LogP) is 7.57. The van der Waals surface area contributed by atoms with E-state index >= 15 is 0 Å². The number of hydrogen-bond donors (Lipinski definition) is 1. The van der Waals surface area contributed by atoms with Crippen molar-refractivity contribution in [1.82, 2.24) is 5.32 Å². The topological polar surface area (TPSA) is 29.1 Å². The maximum Gasteiger partial charge on any atom is 0.399 e. The normalized spacial score (nSPS) is 13.5. The van der Waals surface area contributed by atoms with Crippen LogP contribution >= 0.6 is 34.8 Å². The van der Waals surface area contributed by atoms with Gasteiger partial charge in [-0.2, -0.15) is 26.3 Å². The van der Waals surface area contributed by atoms with Crippen LogP contribution in [-0.4, -0.2) is 18.3 Å². The van der Waals surface area contributed by atoms with E-state index in [1.165, 1.54) is 36.4 Å². The third kappa shape index (κ3) is 7.94. The van der Waals surface area contributed by atoms with Crippen LogP contribution in [0.4, 0.5) is 26.3 Å². The van der Waals surface area contributed by atoms with Crippen molar-refractivity contribution in [3.05, 3.63) is 74.2 Å². The fraction of sp³-hybridized carbons (Fsp3) is 0.250. The summed E-state index contributed by atoms with van der Waals surface area (Å²) in [6.45, 7) is -0.258. The minimum Gasteiger partial charge on any atom is -0.352 e. The molecule has 0 saturated carbocycles. The lowest BCUT2D eigenvalue weighted by molar-refractivity contribution is -0.153. The van der Waals surface area contributed by atoms with Crippen molar-refractivity contribution < 1.29 is 31.1 Å². The molecule has 1 unspecified atom stereocenters. The van der Waals surface area contributed by atoms with Gasteiger partial charge in [0, 0.05) is 11.6 Å². The zero-order chi connectivity index (χ0) is 23.4. The van der Waals surface area contributed by atoms with Crippen molar-refractivity contribution in [2.75, 3.05) is 0 Å². The number of carbonyl (C=O) groups is 1. The average Bonchev–Trinajstić information content (AvgIpc) is 2.61. The molecule has 168 valence electrons. The van der Waals surface area contributed by atoms with Gasteiger partial charge in [0.2, 0.25) is 5.91 Å². The van der Waals surface area contributed by atoms with Crippen LogP contribution < -0.4 is 5.32 Å². The van der Waals surface area contributed by atoms with Crippen LogP contribution in [0.5, 0.6) is 0 Å². The summed E-state index contributed by atoms with van der Waals surface area (Å²) in [7, 11) is 0. The highest BCUT2D eigenvalue weighted by molar-refractivity contribution is 6.42. The number of benzene rings is 2. The van der Waals surface area contributed by atoms with Crippen molar-refractivity contribution in [2.24, 2.45) is 0 Å². The summed E-state index contributed by atoms with van der Waals surface area (Å²) in [5.41, 5.74) is 0.532. The first kappa shape index (κ1) is 25.4. The van der Waals surface area contributed by atoms with Crippen LogP contribution in [0.15, 0.2) is 42.5 Å². The Kier molecular flexibility index (Phi) is 8.30. The molecule has 11 heteroatoms. The Morgan fingerprint density at radius 3 is 2.16 bits per heavy atom. The molecule has 1 atom stereocenters. The molecule has 0 radical (unpaired) electrons. The molecule has 0 heterocycles. The first-order valence-electron chi connectivity index (χ1n) is 8.58. The van der Waals surface area contributed by atoms with Crippen LogP contribution in [0.1, 0.15) is 29.0 Å². The standard InChI is InChI=1S/C20H14Cl3F6NO/c21-15-6-4-12(8-17(15)23)14(20(27,28)29)5-2-11-1-3-13(16(22)7-11)10-30-18(31)9-19(24,25)26/h1-8,14H,9-10H2,(H,30,31)/b5-2+. The Hall–Kier alpha value is -1.90. The Morgan fingerprint density at radius 2 is 1.61 bits per heavy atom. The SMILES string of the molecule is O=C(CC(F)(F)F)NCc1ccc(/C=C/C(c2ccc(Cl)c(Cl)c2)C(F)(F)F)cc1Cl. The number of hydrogen-bond acceptors (Lipinski definition) is 1. The van der Waals surface area contributed by atoms with E-state index < -0.39 is 30.6 Å². The molecule has 0 aliphatic heterocycles. The molecule has 1 N–H and O–H groups in total. The molecular formula is C20H14Cl3F6NO. The van der Waals surface area contributed by atoms with E-state index in [-0.39, 0.29) is 27.2 Å². The van der Waals surface area contributed by atoms with Gasteiger partial charge in [-0.25, -0.2) is 0 Å². The second-order valence-electron chi connectivity index (χ2n) is 6.47. The van der Waals surface area contributed by atoms with E-state index in [2.05, 4.69) is 5.32 Å². The minimum absolute atomic E-state index is 0.0122. The fourth-order valence-corrected chi connectivity index (χ4v) is 3.13. The van der Waals surface area contributed by atoms with Crippen LogP contribution in [0, 0.1) is 0 Å². The molecule has 0 spiro atoms. The van der Waals surface area contributed by atoms with Gasteiger partial charge in [0.05, 0.1) is 16.0 Å². The second-order valence-corrected chi connectivity index (χ2v) is 7.69. The Balaban J connectivity index is 2.16. The molecule has 0 saturated heterocycles. The molecule has 2 aromatic carbocycles. The molecular weight excluding hydrogens is 491 g/mol. The van der Waals surface area contributed by atoms with Crippen LogP contribution in [0.2, 0.25) is 15.1 Å². The molecule has 1 amide bonds. The summed E-state index contributed by atoms with van der Waals surface area (Å²) in [4.78, 5) is 11.3. The molecule has 2 rings (SSSR count). The van der Waals surface area contributed by atoms with E-state index in [4.69, 9.17) is 34.8 Å². The quantitative estimate of drug-likeness (QED) is 0.404. The first-order valence-corrected chi connectivity index (χ1v) is 9.71. The number of halogens is 9. The summed E-state index contributed by atoms with van der Waals surface area (Å²) < 4.78 is 77.0. The highest BCUT2D eigenvalue weighted by atomic mass is 35.5. The number of carbonyl (C=O) groups excluding carboxylic acids is 1. The zero-order valence-corrected chi connectivity index (χ0v) is 17.7. The van der Waals surface area contributed by atoms with Gasteiger partial charge in [-0.3, -0.25) is 4.79 Å². The average molecular weight is 505 g/mol. The predicted molar refractivity (Wildman–Crippen MR) is 108 cm³/mol. The van der Waals surface area contributed by atoms with Gasteiger partial charge in [-0.05, 0) is 34.9 Å². The number of rotatable bonds is 6. The van der Waals surface area contributed by atoms with Crippen molar-refractivity contribution in [1.29, 1.82) is 0 Å². The summed E-state index contributed by atoms with van der Waals surface area (Å²) >= 11 is 17.6. The van der Waals surface area contributed by atoms with E-state index in [1.807, 2.05) is 0 Å². The summed E-state index contributed by atoms with van der Waals surface area (Å²) in [5, 5.41) is 2.27. The van der Waals surface area contributed by atoms with Gasteiger partial charge in [0.25, 0.3) is 0 Å². The molecule has 2 nitrogen and oxygen atoms in total. The molecule has 0 aliphatic carbocycles. The van der Waals surface area contributed by atoms with Gasteiger partial charge >= 0.3 is 12.4 Å².